The third-order valence-electron chi connectivity index (χ3n) is 7.08. The molecule has 0 spiro atoms. The largest absolute Gasteiger partial charge is 0.353 e. The summed E-state index contributed by atoms with van der Waals surface area (Å²) in [5.41, 5.74) is 0. The predicted octanol–water partition coefficient (Wildman–Crippen LogP) is 3.17. The van der Waals surface area contributed by atoms with Crippen LogP contribution >= 0.6 is 0 Å². The van der Waals surface area contributed by atoms with Gasteiger partial charge in [-0.2, -0.15) is 4.31 Å². The van der Waals surface area contributed by atoms with Crippen LogP contribution in [-0.4, -0.2) is 37.8 Å². The number of halogens is 1. The lowest BCUT2D eigenvalue weighted by Crippen LogP contribution is -2.47. The maximum atomic E-state index is 13.9. The fourth-order valence-electron chi connectivity index (χ4n) is 5.51. The Morgan fingerprint density at radius 3 is 2.46 bits per heavy atom. The van der Waals surface area contributed by atoms with Crippen molar-refractivity contribution in [3.05, 3.63) is 30.1 Å². The first-order chi connectivity index (χ1) is 13.4. The van der Waals surface area contributed by atoms with E-state index >= 15 is 0 Å². The number of nitrogens with zero attached hydrogens (tertiary/aromatic N) is 1. The molecule has 1 saturated heterocycles. The van der Waals surface area contributed by atoms with Crippen molar-refractivity contribution in [2.24, 2.45) is 23.7 Å². The summed E-state index contributed by atoms with van der Waals surface area (Å²) in [6.45, 7) is 2.61. The Balaban J connectivity index is 1.32. The van der Waals surface area contributed by atoms with Crippen LogP contribution in [0.15, 0.2) is 29.2 Å². The molecule has 4 rings (SSSR count). The van der Waals surface area contributed by atoms with Crippen LogP contribution in [0, 0.1) is 29.5 Å². The molecule has 2 aliphatic carbocycles. The van der Waals surface area contributed by atoms with Gasteiger partial charge in [-0.25, -0.2) is 12.8 Å². The molecule has 2 bridgehead atoms. The van der Waals surface area contributed by atoms with Gasteiger partial charge in [0.05, 0.1) is 0 Å². The number of piperidine rings is 1. The first-order valence-electron chi connectivity index (χ1n) is 10.4. The molecule has 3 fully saturated rings. The van der Waals surface area contributed by atoms with E-state index in [2.05, 4.69) is 12.2 Å². The molecule has 1 aromatic rings. The Hall–Kier alpha value is -1.47. The number of carbonyl (C=O) groups is 1. The van der Waals surface area contributed by atoms with Crippen LogP contribution in [0.25, 0.3) is 0 Å². The van der Waals surface area contributed by atoms with Gasteiger partial charge >= 0.3 is 0 Å². The van der Waals surface area contributed by atoms with Crippen LogP contribution in [0.5, 0.6) is 0 Å². The molecule has 1 aromatic carbocycles. The number of hydrogen-bond acceptors (Lipinski definition) is 3. The molecule has 3 aliphatic rings. The summed E-state index contributed by atoms with van der Waals surface area (Å²) in [5.74, 6) is 1.33. The smallest absolute Gasteiger partial charge is 0.245 e. The molecular formula is C21H29FN2O3S. The molecule has 4 atom stereocenters. The first kappa shape index (κ1) is 19.8. The Morgan fingerprint density at radius 1 is 1.14 bits per heavy atom. The van der Waals surface area contributed by atoms with Crippen molar-refractivity contribution < 1.29 is 17.6 Å². The molecule has 0 aromatic heterocycles. The summed E-state index contributed by atoms with van der Waals surface area (Å²) < 4.78 is 40.6. The Labute approximate surface area is 166 Å². The van der Waals surface area contributed by atoms with E-state index in [0.29, 0.717) is 18.8 Å². The third kappa shape index (κ3) is 3.71. The highest BCUT2D eigenvalue weighted by atomic mass is 32.2. The fraction of sp³-hybridized carbons (Fsp3) is 0.667. The van der Waals surface area contributed by atoms with Crippen LogP contribution in [0.1, 0.15) is 45.4 Å². The molecule has 28 heavy (non-hydrogen) atoms. The number of nitrogens with one attached hydrogen (secondary N) is 1. The van der Waals surface area contributed by atoms with Crippen molar-refractivity contribution >= 4 is 15.9 Å². The van der Waals surface area contributed by atoms with Crippen LogP contribution < -0.4 is 5.32 Å². The summed E-state index contributed by atoms with van der Waals surface area (Å²) in [4.78, 5) is 12.4. The predicted molar refractivity (Wildman–Crippen MR) is 104 cm³/mol. The van der Waals surface area contributed by atoms with Crippen LogP contribution in [0.2, 0.25) is 0 Å². The lowest BCUT2D eigenvalue weighted by Gasteiger charge is -2.33. The molecule has 0 radical (unpaired) electrons. The zero-order valence-electron chi connectivity index (χ0n) is 16.3. The lowest BCUT2D eigenvalue weighted by molar-refractivity contribution is -0.127. The second-order valence-electron chi connectivity index (χ2n) is 8.74. The van der Waals surface area contributed by atoms with Gasteiger partial charge in [-0.05, 0) is 68.9 Å². The average Bonchev–Trinajstić information content (AvgIpc) is 3.32. The first-order valence-corrected chi connectivity index (χ1v) is 11.9. The lowest BCUT2D eigenvalue weighted by atomic mass is 9.83. The third-order valence-corrected chi connectivity index (χ3v) is 9.02. The fourth-order valence-corrected chi connectivity index (χ4v) is 7.04. The van der Waals surface area contributed by atoms with Gasteiger partial charge in [0.25, 0.3) is 0 Å². The van der Waals surface area contributed by atoms with E-state index in [9.17, 15) is 17.6 Å². The number of carbonyl (C=O) groups excluding carboxylic acids is 1. The average molecular weight is 409 g/mol. The summed E-state index contributed by atoms with van der Waals surface area (Å²) in [7, 11) is -3.86. The highest BCUT2D eigenvalue weighted by Gasteiger charge is 2.42. The summed E-state index contributed by atoms with van der Waals surface area (Å²) in [6, 6.07) is 5.63. The molecule has 154 valence electrons. The maximum Gasteiger partial charge on any atom is 0.245 e. The zero-order chi connectivity index (χ0) is 19.9. The minimum Gasteiger partial charge on any atom is -0.353 e. The second kappa shape index (κ2) is 7.75. The van der Waals surface area contributed by atoms with Crippen molar-refractivity contribution in [3.63, 3.8) is 0 Å². The number of fused-ring (bicyclic) bond motifs is 2. The van der Waals surface area contributed by atoms with Gasteiger partial charge < -0.3 is 5.32 Å². The van der Waals surface area contributed by atoms with Gasteiger partial charge in [0, 0.05) is 25.0 Å². The number of amides is 1. The highest BCUT2D eigenvalue weighted by Crippen LogP contribution is 2.49. The normalized spacial score (nSPS) is 29.7. The molecule has 7 heteroatoms. The SMILES string of the molecule is CC(NC(=O)C1CCN(S(=O)(=O)c2ccccc2F)CC1)C1CC2CCC1C2. The van der Waals surface area contributed by atoms with Crippen molar-refractivity contribution in [2.45, 2.75) is 56.4 Å². The van der Waals surface area contributed by atoms with Gasteiger partial charge in [0.1, 0.15) is 10.7 Å². The zero-order valence-corrected chi connectivity index (χ0v) is 17.1. The maximum absolute atomic E-state index is 13.9. The van der Waals surface area contributed by atoms with Crippen molar-refractivity contribution in [1.29, 1.82) is 0 Å². The molecular weight excluding hydrogens is 379 g/mol. The van der Waals surface area contributed by atoms with Crippen molar-refractivity contribution in [3.8, 4) is 0 Å². The Kier molecular flexibility index (Phi) is 5.49. The summed E-state index contributed by atoms with van der Waals surface area (Å²) >= 11 is 0. The summed E-state index contributed by atoms with van der Waals surface area (Å²) in [6.07, 6.45) is 6.13. The van der Waals surface area contributed by atoms with E-state index in [1.165, 1.54) is 48.2 Å². The number of sulfonamides is 1. The number of benzene rings is 1. The quantitative estimate of drug-likeness (QED) is 0.814. The topological polar surface area (TPSA) is 66.5 Å². The van der Waals surface area contributed by atoms with Gasteiger partial charge in [-0.1, -0.05) is 18.6 Å². The van der Waals surface area contributed by atoms with Crippen LogP contribution in [0.4, 0.5) is 4.39 Å². The second-order valence-corrected chi connectivity index (χ2v) is 10.7. The van der Waals surface area contributed by atoms with E-state index in [4.69, 9.17) is 0 Å². The number of rotatable bonds is 5. The van der Waals surface area contributed by atoms with E-state index in [1.54, 1.807) is 0 Å². The van der Waals surface area contributed by atoms with Crippen LogP contribution in [-0.2, 0) is 14.8 Å². The highest BCUT2D eigenvalue weighted by molar-refractivity contribution is 7.89. The standard InChI is InChI=1S/C21H29FN2O3S/c1-14(18-13-15-6-7-17(18)12-15)23-21(25)16-8-10-24(11-9-16)28(26,27)20-5-3-2-4-19(20)22/h2-5,14-18H,6-13H2,1H3,(H,23,25). The van der Waals surface area contributed by atoms with Crippen molar-refractivity contribution in [1.82, 2.24) is 9.62 Å². The van der Waals surface area contributed by atoms with Crippen molar-refractivity contribution in [2.75, 3.05) is 13.1 Å². The van der Waals surface area contributed by atoms with Gasteiger partial charge in [0.15, 0.2) is 0 Å². The van der Waals surface area contributed by atoms with Gasteiger partial charge in [-0.3, -0.25) is 4.79 Å². The van der Waals surface area contributed by atoms with E-state index in [1.807, 2.05) is 0 Å². The summed E-state index contributed by atoms with van der Waals surface area (Å²) in [5, 5.41) is 3.20. The van der Waals surface area contributed by atoms with Crippen LogP contribution in [0.3, 0.4) is 0 Å². The molecule has 5 nitrogen and oxygen atoms in total. The molecule has 1 amide bonds. The molecule has 1 aliphatic heterocycles. The minimum atomic E-state index is -3.86. The molecule has 1 N–H and O–H groups in total. The molecule has 1 heterocycles. The van der Waals surface area contributed by atoms with E-state index in [-0.39, 0.29) is 35.9 Å². The van der Waals surface area contributed by atoms with Gasteiger partial charge in [0.2, 0.25) is 15.9 Å². The monoisotopic (exact) mass is 408 g/mol. The minimum absolute atomic E-state index is 0.0400. The Bertz CT molecular complexity index is 836. The molecule has 2 saturated carbocycles. The van der Waals surface area contributed by atoms with E-state index in [0.717, 1.165) is 17.9 Å². The van der Waals surface area contributed by atoms with E-state index < -0.39 is 15.8 Å². The number of hydrogen-bond donors (Lipinski definition) is 1. The Morgan fingerprint density at radius 2 is 1.86 bits per heavy atom. The van der Waals surface area contributed by atoms with Gasteiger partial charge in [-0.15, -0.1) is 0 Å². The molecule has 4 unspecified atom stereocenters.